The molecule has 250 valence electrons. The maximum Gasteiger partial charge on any atom is 0.187 e. The highest BCUT2D eigenvalue weighted by Gasteiger charge is 2.64. The molecular formula is C34H50N2O9. The summed E-state index contributed by atoms with van der Waals surface area (Å²) < 4.78 is 12.3. The monoisotopic (exact) mass is 630 g/mol. The number of Topliss-reactive ketones (excluding diaryl/α,β-unsaturated/α-hetero) is 2. The number of aliphatic hydroxyl groups is 5. The Morgan fingerprint density at radius 1 is 1.09 bits per heavy atom. The number of nitrogens with two attached hydrogens (primary N) is 1. The van der Waals surface area contributed by atoms with Gasteiger partial charge in [-0.25, -0.2) is 0 Å². The zero-order valence-corrected chi connectivity index (χ0v) is 26.1. The fourth-order valence-electron chi connectivity index (χ4n) is 11.1. The molecule has 8 N–H and O–H groups in total. The average Bonchev–Trinajstić information content (AvgIpc) is 3.43. The van der Waals surface area contributed by atoms with Gasteiger partial charge < -0.3 is 46.1 Å². The predicted octanol–water partition coefficient (Wildman–Crippen LogP) is 1.22. The van der Waals surface area contributed by atoms with E-state index in [1.54, 1.807) is 13.0 Å². The maximum atomic E-state index is 13.9. The van der Waals surface area contributed by atoms with Crippen molar-refractivity contribution in [2.45, 2.75) is 114 Å². The minimum absolute atomic E-state index is 0.0967. The molecule has 5 aliphatic carbocycles. The molecule has 4 saturated carbocycles. The summed E-state index contributed by atoms with van der Waals surface area (Å²) in [6.45, 7) is 1.99. The summed E-state index contributed by atoms with van der Waals surface area (Å²) in [7, 11) is 0. The summed E-state index contributed by atoms with van der Waals surface area (Å²) in [5.41, 5.74) is 4.74. The first-order chi connectivity index (χ1) is 21.5. The Labute approximate surface area is 264 Å². The van der Waals surface area contributed by atoms with Crippen LogP contribution >= 0.6 is 0 Å². The SMILES string of the molecule is CC1=CC2C(=O)C3CCCC(OC4OC(CO)C(O)C(O)(CC56CCCC5CCC5CNC(N)CC56)C4O)C3C(=O)C2C(O)=C1. The van der Waals surface area contributed by atoms with E-state index in [0.29, 0.717) is 31.1 Å². The van der Waals surface area contributed by atoms with Gasteiger partial charge in [0.2, 0.25) is 0 Å². The van der Waals surface area contributed by atoms with Gasteiger partial charge in [-0.05, 0) is 94.1 Å². The quantitative estimate of drug-likeness (QED) is 0.231. The molecule has 15 unspecified atom stereocenters. The molecule has 7 aliphatic rings. The Morgan fingerprint density at radius 2 is 1.89 bits per heavy atom. The van der Waals surface area contributed by atoms with Crippen molar-refractivity contribution in [1.29, 1.82) is 0 Å². The van der Waals surface area contributed by atoms with Gasteiger partial charge in [0.1, 0.15) is 35.5 Å². The highest BCUT2D eigenvalue weighted by Crippen LogP contribution is 2.63. The van der Waals surface area contributed by atoms with E-state index in [4.69, 9.17) is 15.2 Å². The third-order valence-corrected chi connectivity index (χ3v) is 13.1. The summed E-state index contributed by atoms with van der Waals surface area (Å²) in [5, 5.41) is 60.2. The molecule has 0 radical (unpaired) electrons. The van der Waals surface area contributed by atoms with Crippen LogP contribution in [-0.2, 0) is 19.1 Å². The standard InChI is InChI=1S/C34H50N2O9/c1-16-10-20-26(22(38)11-16)29(40)27-19(28(20)39)5-2-6-23(27)44-32-31(42)34(43,30(41)24(14-37)45-32)15-33-9-3-4-18(33)8-7-17-13-36-25(35)12-21(17)33/h10-11,17-21,23-27,30-32,36-38,41-43H,2-9,12-15,35H2,1H3. The second-order valence-electron chi connectivity index (χ2n) is 15.3. The van der Waals surface area contributed by atoms with Gasteiger partial charge in [0.05, 0.1) is 36.6 Å². The zero-order valence-electron chi connectivity index (χ0n) is 26.1. The maximum absolute atomic E-state index is 13.9. The van der Waals surface area contributed by atoms with Crippen molar-refractivity contribution in [2.24, 2.45) is 52.6 Å². The third kappa shape index (κ3) is 4.99. The zero-order chi connectivity index (χ0) is 31.8. The Morgan fingerprint density at radius 3 is 2.67 bits per heavy atom. The lowest BCUT2D eigenvalue weighted by atomic mass is 9.51. The molecule has 0 bridgehead atoms. The summed E-state index contributed by atoms with van der Waals surface area (Å²) in [6, 6.07) is 0. The Bertz CT molecular complexity index is 1260. The van der Waals surface area contributed by atoms with Crippen LogP contribution in [0.2, 0.25) is 0 Å². The number of hydrogen-bond donors (Lipinski definition) is 7. The number of ketones is 2. The van der Waals surface area contributed by atoms with Crippen LogP contribution in [-0.4, -0.2) is 92.7 Å². The summed E-state index contributed by atoms with van der Waals surface area (Å²) in [6.07, 6.45) is 3.83. The molecule has 0 aromatic carbocycles. The van der Waals surface area contributed by atoms with Crippen LogP contribution in [0.4, 0.5) is 0 Å². The first-order valence-electron chi connectivity index (χ1n) is 17.1. The van der Waals surface area contributed by atoms with Crippen molar-refractivity contribution in [2.75, 3.05) is 13.2 Å². The van der Waals surface area contributed by atoms with Crippen LogP contribution < -0.4 is 11.1 Å². The molecule has 11 nitrogen and oxygen atoms in total. The van der Waals surface area contributed by atoms with Crippen LogP contribution in [0, 0.1) is 46.8 Å². The van der Waals surface area contributed by atoms with Gasteiger partial charge in [0.25, 0.3) is 0 Å². The van der Waals surface area contributed by atoms with Gasteiger partial charge in [0.15, 0.2) is 12.1 Å². The Hall–Kier alpha value is -1.70. The minimum atomic E-state index is -2.05. The molecule has 0 aromatic heterocycles. The number of allylic oxidation sites excluding steroid dienone is 4. The number of aliphatic hydroxyl groups excluding tert-OH is 4. The highest BCUT2D eigenvalue weighted by atomic mass is 16.7. The summed E-state index contributed by atoms with van der Waals surface area (Å²) >= 11 is 0. The topological polar surface area (TPSA) is 192 Å². The summed E-state index contributed by atoms with van der Waals surface area (Å²) in [4.78, 5) is 27.6. The van der Waals surface area contributed by atoms with Crippen LogP contribution in [0.3, 0.4) is 0 Å². The largest absolute Gasteiger partial charge is 0.512 e. The van der Waals surface area contributed by atoms with Crippen LogP contribution in [0.15, 0.2) is 23.5 Å². The number of rotatable bonds is 5. The van der Waals surface area contributed by atoms with Gasteiger partial charge in [-0.2, -0.15) is 0 Å². The molecule has 6 fully saturated rings. The fourth-order valence-corrected chi connectivity index (χ4v) is 11.1. The number of carbonyl (C=O) groups excluding carboxylic acids is 2. The van der Waals surface area contributed by atoms with Crippen LogP contribution in [0.25, 0.3) is 0 Å². The van der Waals surface area contributed by atoms with E-state index in [9.17, 15) is 35.1 Å². The van der Waals surface area contributed by atoms with Gasteiger partial charge in [-0.3, -0.25) is 9.59 Å². The van der Waals surface area contributed by atoms with Gasteiger partial charge in [-0.1, -0.05) is 24.5 Å². The molecule has 0 amide bonds. The molecule has 0 aromatic rings. The predicted molar refractivity (Wildman–Crippen MR) is 161 cm³/mol. The Kier molecular flexibility index (Phi) is 8.34. The first-order valence-corrected chi connectivity index (χ1v) is 17.1. The highest BCUT2D eigenvalue weighted by molar-refractivity contribution is 6.02. The number of ether oxygens (including phenoxy) is 2. The van der Waals surface area contributed by atoms with Crippen molar-refractivity contribution in [3.8, 4) is 0 Å². The van der Waals surface area contributed by atoms with E-state index in [0.717, 1.165) is 50.6 Å². The number of carbonyl (C=O) groups is 2. The minimum Gasteiger partial charge on any atom is -0.512 e. The number of nitrogens with one attached hydrogen (secondary N) is 1. The van der Waals surface area contributed by atoms with E-state index in [-0.39, 0.29) is 41.2 Å². The first kappa shape index (κ1) is 31.9. The van der Waals surface area contributed by atoms with Crippen molar-refractivity contribution >= 4 is 11.6 Å². The molecule has 11 heteroatoms. The lowest BCUT2D eigenvalue weighted by molar-refractivity contribution is -0.351. The molecule has 0 spiro atoms. The van der Waals surface area contributed by atoms with Gasteiger partial charge in [-0.15, -0.1) is 0 Å². The molecule has 2 heterocycles. The smallest absolute Gasteiger partial charge is 0.187 e. The Balaban J connectivity index is 1.17. The third-order valence-electron chi connectivity index (χ3n) is 13.1. The van der Waals surface area contributed by atoms with E-state index in [1.165, 1.54) is 6.08 Å². The van der Waals surface area contributed by atoms with Crippen LogP contribution in [0.5, 0.6) is 0 Å². The average molecular weight is 631 g/mol. The number of fused-ring (bicyclic) bond motifs is 5. The van der Waals surface area contributed by atoms with Crippen molar-refractivity contribution < 1.29 is 44.6 Å². The second kappa shape index (κ2) is 11.8. The molecule has 2 saturated heterocycles. The molecule has 7 rings (SSSR count). The van der Waals surface area contributed by atoms with E-state index < -0.39 is 66.6 Å². The molecule has 45 heavy (non-hydrogen) atoms. The van der Waals surface area contributed by atoms with Crippen molar-refractivity contribution in [3.05, 3.63) is 23.5 Å². The van der Waals surface area contributed by atoms with Gasteiger partial charge >= 0.3 is 0 Å². The number of piperidine rings is 1. The number of hydrogen-bond acceptors (Lipinski definition) is 11. The van der Waals surface area contributed by atoms with Crippen molar-refractivity contribution in [3.63, 3.8) is 0 Å². The van der Waals surface area contributed by atoms with E-state index >= 15 is 0 Å². The normalized spacial score (nSPS) is 51.4. The van der Waals surface area contributed by atoms with Crippen LogP contribution in [0.1, 0.15) is 71.1 Å². The summed E-state index contributed by atoms with van der Waals surface area (Å²) in [5.74, 6) is -2.66. The molecule has 2 aliphatic heterocycles. The van der Waals surface area contributed by atoms with E-state index in [2.05, 4.69) is 5.32 Å². The lowest BCUT2D eigenvalue weighted by Crippen LogP contribution is -2.70. The van der Waals surface area contributed by atoms with E-state index in [1.807, 2.05) is 0 Å². The van der Waals surface area contributed by atoms with Crippen molar-refractivity contribution in [1.82, 2.24) is 5.32 Å². The lowest BCUT2D eigenvalue weighted by Gasteiger charge is -2.58. The van der Waals surface area contributed by atoms with Gasteiger partial charge in [0, 0.05) is 5.92 Å². The molecular weight excluding hydrogens is 580 g/mol. The molecule has 15 atom stereocenters. The fraction of sp³-hybridized carbons (Fsp3) is 0.824. The second-order valence-corrected chi connectivity index (χ2v) is 15.3.